The molecule has 0 atom stereocenters. The summed E-state index contributed by atoms with van der Waals surface area (Å²) < 4.78 is 32.3. The summed E-state index contributed by atoms with van der Waals surface area (Å²) in [4.78, 5) is 32.1. The number of nitrogen functional groups attached to an aromatic ring is 1. The third-order valence-electron chi connectivity index (χ3n) is 6.26. The zero-order valence-electron chi connectivity index (χ0n) is 22.6. The molecule has 0 saturated carbocycles. The second kappa shape index (κ2) is 11.1. The van der Waals surface area contributed by atoms with Crippen molar-refractivity contribution in [2.24, 2.45) is 0 Å². The van der Waals surface area contributed by atoms with Crippen molar-refractivity contribution < 1.29 is 38.0 Å². The number of anilines is 1. The molecule has 4 rings (SSSR count). The van der Waals surface area contributed by atoms with Crippen molar-refractivity contribution in [2.45, 2.75) is 6.92 Å². The number of methoxy groups -OCH3 is 6. The molecule has 2 aromatic carbocycles. The van der Waals surface area contributed by atoms with Crippen molar-refractivity contribution in [3.05, 3.63) is 52.0 Å². The molecule has 0 spiro atoms. The number of esters is 1. The summed E-state index contributed by atoms with van der Waals surface area (Å²) in [6.07, 6.45) is 0. The second-order valence-electron chi connectivity index (χ2n) is 8.27. The van der Waals surface area contributed by atoms with Crippen molar-refractivity contribution in [2.75, 3.05) is 48.4 Å². The molecule has 0 radical (unpaired) electrons. The van der Waals surface area contributed by atoms with Crippen molar-refractivity contribution in [3.8, 4) is 39.9 Å². The molecule has 0 fully saturated rings. The van der Waals surface area contributed by atoms with Gasteiger partial charge in [0.1, 0.15) is 21.2 Å². The number of hydrogen-bond acceptors (Lipinski definition) is 11. The van der Waals surface area contributed by atoms with E-state index in [1.165, 1.54) is 42.7 Å². The van der Waals surface area contributed by atoms with Gasteiger partial charge in [-0.05, 0) is 36.8 Å². The third kappa shape index (κ3) is 4.65. The van der Waals surface area contributed by atoms with E-state index in [4.69, 9.17) is 34.2 Å². The van der Waals surface area contributed by atoms with Crippen LogP contribution >= 0.6 is 11.3 Å². The molecular formula is C28H28N2O8S. The monoisotopic (exact) mass is 552 g/mol. The maximum absolute atomic E-state index is 13.7. The van der Waals surface area contributed by atoms with Gasteiger partial charge in [0, 0.05) is 17.0 Å². The van der Waals surface area contributed by atoms with Gasteiger partial charge in [0.15, 0.2) is 11.5 Å². The quantitative estimate of drug-likeness (QED) is 0.226. The SMILES string of the molecule is COC(=O)c1c(C)nc2sc(C(=O)c3ccc(OC)cc3OC)c(N)c2c1-c1cc(OC)c(OC)c(OC)c1. The molecule has 39 heavy (non-hydrogen) atoms. The van der Waals surface area contributed by atoms with E-state index in [-0.39, 0.29) is 21.9 Å². The van der Waals surface area contributed by atoms with Gasteiger partial charge in [-0.3, -0.25) is 4.79 Å². The molecule has 0 aliphatic rings. The number of carbonyl (C=O) groups is 2. The molecule has 0 amide bonds. The van der Waals surface area contributed by atoms with Crippen LogP contribution in [0.15, 0.2) is 30.3 Å². The van der Waals surface area contributed by atoms with Crippen LogP contribution < -0.4 is 29.4 Å². The largest absolute Gasteiger partial charge is 0.497 e. The lowest BCUT2D eigenvalue weighted by molar-refractivity contribution is 0.0600. The van der Waals surface area contributed by atoms with Crippen LogP contribution in [-0.4, -0.2) is 59.4 Å². The Kier molecular flexibility index (Phi) is 7.82. The number of pyridine rings is 1. The zero-order valence-corrected chi connectivity index (χ0v) is 23.4. The maximum Gasteiger partial charge on any atom is 0.340 e. The minimum atomic E-state index is -0.610. The van der Waals surface area contributed by atoms with Crippen LogP contribution in [0.2, 0.25) is 0 Å². The number of nitrogens with two attached hydrogens (primary N) is 1. The number of carbonyl (C=O) groups excluding carboxylic acids is 2. The number of ketones is 1. The Morgan fingerprint density at radius 2 is 1.49 bits per heavy atom. The van der Waals surface area contributed by atoms with Gasteiger partial charge in [-0.2, -0.15) is 0 Å². The lowest BCUT2D eigenvalue weighted by Crippen LogP contribution is -2.09. The molecule has 204 valence electrons. The highest BCUT2D eigenvalue weighted by Gasteiger charge is 2.29. The molecule has 4 aromatic rings. The standard InChI is InChI=1S/C28H28N2O8S/c1-13-20(28(32)38-7)21(14-10-18(35-4)25(37-6)19(11-14)36-5)22-23(29)26(39-27(22)30-13)24(31)16-9-8-15(33-2)12-17(16)34-3/h8-12H,29H2,1-7H3. The number of benzene rings is 2. The number of thiophene rings is 1. The van der Waals surface area contributed by atoms with Gasteiger partial charge in [-0.1, -0.05) is 0 Å². The first kappa shape index (κ1) is 27.5. The molecule has 10 nitrogen and oxygen atoms in total. The summed E-state index contributed by atoms with van der Waals surface area (Å²) in [5.41, 5.74) is 8.70. The zero-order chi connectivity index (χ0) is 28.4. The normalized spacial score (nSPS) is 10.7. The number of aromatic nitrogens is 1. The van der Waals surface area contributed by atoms with Crippen molar-refractivity contribution in [1.29, 1.82) is 0 Å². The molecule has 0 aliphatic carbocycles. The van der Waals surface area contributed by atoms with E-state index < -0.39 is 5.97 Å². The Morgan fingerprint density at radius 1 is 0.846 bits per heavy atom. The molecule has 0 saturated heterocycles. The fourth-order valence-corrected chi connectivity index (χ4v) is 5.51. The van der Waals surface area contributed by atoms with E-state index >= 15 is 0 Å². The van der Waals surface area contributed by atoms with Gasteiger partial charge in [-0.15, -0.1) is 11.3 Å². The van der Waals surface area contributed by atoms with E-state index in [1.54, 1.807) is 37.3 Å². The van der Waals surface area contributed by atoms with Gasteiger partial charge < -0.3 is 34.2 Å². The second-order valence-corrected chi connectivity index (χ2v) is 9.27. The molecule has 2 aromatic heterocycles. The van der Waals surface area contributed by atoms with Gasteiger partial charge in [0.25, 0.3) is 0 Å². The first-order valence-electron chi connectivity index (χ1n) is 11.6. The lowest BCUT2D eigenvalue weighted by atomic mass is 9.94. The summed E-state index contributed by atoms with van der Waals surface area (Å²) in [5.74, 6) is 1.03. The Morgan fingerprint density at radius 3 is 2.03 bits per heavy atom. The van der Waals surface area contributed by atoms with Crippen LogP contribution in [0.25, 0.3) is 21.3 Å². The number of ether oxygens (including phenoxy) is 6. The first-order chi connectivity index (χ1) is 18.7. The number of hydrogen-bond donors (Lipinski definition) is 1. The fraction of sp³-hybridized carbons (Fsp3) is 0.250. The van der Waals surface area contributed by atoms with Gasteiger partial charge >= 0.3 is 5.97 Å². The third-order valence-corrected chi connectivity index (χ3v) is 7.36. The molecule has 0 aliphatic heterocycles. The van der Waals surface area contributed by atoms with E-state index in [0.717, 1.165) is 11.3 Å². The van der Waals surface area contributed by atoms with Crippen molar-refractivity contribution >= 4 is 39.0 Å². The van der Waals surface area contributed by atoms with E-state index in [2.05, 4.69) is 4.98 Å². The predicted octanol–water partition coefficient (Wildman–Crippen LogP) is 4.91. The van der Waals surface area contributed by atoms with Gasteiger partial charge in [-0.25, -0.2) is 9.78 Å². The highest BCUT2D eigenvalue weighted by Crippen LogP contribution is 2.47. The van der Waals surface area contributed by atoms with Crippen LogP contribution in [0, 0.1) is 6.92 Å². The van der Waals surface area contributed by atoms with Crippen LogP contribution in [0.5, 0.6) is 28.7 Å². The highest BCUT2D eigenvalue weighted by molar-refractivity contribution is 7.21. The molecule has 2 heterocycles. The Labute approximate surface area is 229 Å². The van der Waals surface area contributed by atoms with Crippen LogP contribution in [-0.2, 0) is 4.74 Å². The molecule has 11 heteroatoms. The first-order valence-corrected chi connectivity index (χ1v) is 12.4. The summed E-state index contributed by atoms with van der Waals surface area (Å²) in [6.45, 7) is 1.69. The average Bonchev–Trinajstić information content (AvgIpc) is 3.29. The van der Waals surface area contributed by atoms with Crippen molar-refractivity contribution in [3.63, 3.8) is 0 Å². The molecule has 2 N–H and O–H groups in total. The molecule has 0 bridgehead atoms. The number of rotatable bonds is 9. The maximum atomic E-state index is 13.7. The summed E-state index contributed by atoms with van der Waals surface area (Å²) in [5, 5.41) is 0.427. The predicted molar refractivity (Wildman–Crippen MR) is 148 cm³/mol. The van der Waals surface area contributed by atoms with Gasteiger partial charge in [0.05, 0.1) is 65.2 Å². The highest BCUT2D eigenvalue weighted by atomic mass is 32.1. The average molecular weight is 553 g/mol. The Balaban J connectivity index is 2.07. The molecular weight excluding hydrogens is 524 g/mol. The van der Waals surface area contributed by atoms with E-state index in [9.17, 15) is 9.59 Å². The number of fused-ring (bicyclic) bond motifs is 1. The summed E-state index contributed by atoms with van der Waals surface area (Å²) in [6, 6.07) is 8.30. The minimum Gasteiger partial charge on any atom is -0.497 e. The summed E-state index contributed by atoms with van der Waals surface area (Å²) >= 11 is 1.12. The Hall–Kier alpha value is -4.51. The van der Waals surface area contributed by atoms with E-state index in [0.29, 0.717) is 61.3 Å². The smallest absolute Gasteiger partial charge is 0.340 e. The van der Waals surface area contributed by atoms with Crippen molar-refractivity contribution in [1.82, 2.24) is 4.98 Å². The number of aryl methyl sites for hydroxylation is 1. The Bertz CT molecular complexity index is 1570. The van der Waals surface area contributed by atoms with Crippen LogP contribution in [0.3, 0.4) is 0 Å². The fourth-order valence-electron chi connectivity index (χ4n) is 4.41. The lowest BCUT2D eigenvalue weighted by Gasteiger charge is -2.17. The summed E-state index contributed by atoms with van der Waals surface area (Å²) in [7, 11) is 8.76. The topological polar surface area (TPSA) is 128 Å². The van der Waals surface area contributed by atoms with Crippen LogP contribution in [0.4, 0.5) is 5.69 Å². The minimum absolute atomic E-state index is 0.166. The van der Waals surface area contributed by atoms with E-state index in [1.807, 2.05) is 0 Å². The van der Waals surface area contributed by atoms with Crippen LogP contribution in [0.1, 0.15) is 31.3 Å². The van der Waals surface area contributed by atoms with Gasteiger partial charge in [0.2, 0.25) is 11.5 Å². The number of nitrogens with zero attached hydrogens (tertiary/aromatic N) is 1. The molecule has 0 unspecified atom stereocenters.